The number of benzene rings is 1. The zero-order chi connectivity index (χ0) is 17.7. The van der Waals surface area contributed by atoms with Gasteiger partial charge in [0.25, 0.3) is 12.3 Å². The minimum absolute atomic E-state index is 0.0109. The molecule has 1 aromatic carbocycles. The van der Waals surface area contributed by atoms with Gasteiger partial charge in [-0.1, -0.05) is 6.07 Å². The number of likely N-dealkylation sites (N-methyl/N-ethyl adjacent to an activating group) is 1. The molecule has 3 amide bonds. The van der Waals surface area contributed by atoms with Gasteiger partial charge in [0.15, 0.2) is 5.01 Å². The number of thiazole rings is 1. The van der Waals surface area contributed by atoms with Crippen molar-refractivity contribution in [3.05, 3.63) is 28.8 Å². The van der Waals surface area contributed by atoms with E-state index in [1.807, 2.05) is 0 Å². The van der Waals surface area contributed by atoms with E-state index < -0.39 is 6.43 Å². The normalized spacial score (nSPS) is 20.7. The summed E-state index contributed by atoms with van der Waals surface area (Å²) >= 11 is 0.863. The number of amides is 3. The number of carbonyl (C=O) groups excluding carboxylic acids is 2. The Morgan fingerprint density at radius 3 is 2.88 bits per heavy atom. The first-order chi connectivity index (χ1) is 12.0. The van der Waals surface area contributed by atoms with Crippen molar-refractivity contribution < 1.29 is 18.4 Å². The lowest BCUT2D eigenvalue weighted by atomic mass is 10.1. The van der Waals surface area contributed by atoms with Crippen molar-refractivity contribution in [3.63, 3.8) is 0 Å². The van der Waals surface area contributed by atoms with Gasteiger partial charge in [0.2, 0.25) is 0 Å². The Bertz CT molecular complexity index is 856. The fraction of sp³-hybridized carbons (Fsp3) is 0.438. The maximum atomic E-state index is 12.9. The Balaban J connectivity index is 1.61. The van der Waals surface area contributed by atoms with Crippen molar-refractivity contribution in [1.82, 2.24) is 19.7 Å². The van der Waals surface area contributed by atoms with Crippen LogP contribution in [-0.4, -0.2) is 70.9 Å². The van der Waals surface area contributed by atoms with Crippen LogP contribution in [0.5, 0.6) is 0 Å². The highest BCUT2D eigenvalue weighted by Gasteiger charge is 2.40. The predicted octanol–water partition coefficient (Wildman–Crippen LogP) is 2.43. The van der Waals surface area contributed by atoms with Gasteiger partial charge in [0.05, 0.1) is 21.8 Å². The lowest BCUT2D eigenvalue weighted by Gasteiger charge is -2.36. The van der Waals surface area contributed by atoms with Crippen molar-refractivity contribution in [3.8, 4) is 0 Å². The van der Waals surface area contributed by atoms with Crippen LogP contribution < -0.4 is 0 Å². The van der Waals surface area contributed by atoms with Crippen molar-refractivity contribution >= 4 is 33.5 Å². The van der Waals surface area contributed by atoms with Gasteiger partial charge >= 0.3 is 6.03 Å². The Labute approximate surface area is 146 Å². The predicted molar refractivity (Wildman–Crippen MR) is 89.0 cm³/mol. The summed E-state index contributed by atoms with van der Waals surface area (Å²) in [6.45, 7) is 1.96. The molecule has 25 heavy (non-hydrogen) atoms. The third-order valence-corrected chi connectivity index (χ3v) is 5.79. The highest BCUT2D eigenvalue weighted by atomic mass is 32.1. The molecule has 0 saturated carbocycles. The fourth-order valence-electron chi connectivity index (χ4n) is 3.46. The summed E-state index contributed by atoms with van der Waals surface area (Å²) < 4.78 is 26.3. The van der Waals surface area contributed by atoms with E-state index in [9.17, 15) is 18.4 Å². The monoisotopic (exact) mass is 366 g/mol. The summed E-state index contributed by atoms with van der Waals surface area (Å²) in [5, 5.41) is -0.275. The molecule has 132 valence electrons. The first-order valence-electron chi connectivity index (χ1n) is 7.94. The van der Waals surface area contributed by atoms with Crippen LogP contribution in [0.4, 0.5) is 13.6 Å². The van der Waals surface area contributed by atoms with E-state index in [4.69, 9.17) is 0 Å². The van der Waals surface area contributed by atoms with E-state index in [-0.39, 0.29) is 23.0 Å². The molecule has 6 nitrogen and oxygen atoms in total. The summed E-state index contributed by atoms with van der Waals surface area (Å²) in [5.74, 6) is -0.197. The number of urea groups is 1. The number of nitrogens with zero attached hydrogens (tertiary/aromatic N) is 4. The first kappa shape index (κ1) is 16.2. The molecule has 2 aromatic rings. The zero-order valence-corrected chi connectivity index (χ0v) is 14.3. The molecule has 0 bridgehead atoms. The number of carbonyl (C=O) groups is 2. The number of aromatic nitrogens is 1. The van der Waals surface area contributed by atoms with Crippen LogP contribution >= 0.6 is 11.3 Å². The number of piperazine rings is 1. The molecule has 2 fully saturated rings. The molecular formula is C16H16F2N4O2S. The van der Waals surface area contributed by atoms with E-state index in [0.717, 1.165) is 11.3 Å². The van der Waals surface area contributed by atoms with E-state index in [0.29, 0.717) is 42.0 Å². The zero-order valence-electron chi connectivity index (χ0n) is 13.5. The average molecular weight is 366 g/mol. The number of alkyl halides is 2. The van der Waals surface area contributed by atoms with Gasteiger partial charge in [-0.3, -0.25) is 4.79 Å². The second-order valence-corrected chi connectivity index (χ2v) is 7.30. The molecule has 0 aliphatic carbocycles. The Morgan fingerprint density at radius 1 is 1.32 bits per heavy atom. The molecule has 1 aromatic heterocycles. The standard InChI is InChI=1S/C16H16F2N4O2S/c1-20-7-9-8-21(5-6-22(9)16(20)24)15(23)10-3-2-4-11-12(10)25-14(19-11)13(17)18/h2-4,9,13H,5-8H2,1H3. The van der Waals surface area contributed by atoms with Gasteiger partial charge in [-0.25, -0.2) is 18.6 Å². The molecule has 3 heterocycles. The van der Waals surface area contributed by atoms with Gasteiger partial charge in [-0.15, -0.1) is 11.3 Å². The van der Waals surface area contributed by atoms with E-state index in [1.165, 1.54) is 0 Å². The highest BCUT2D eigenvalue weighted by molar-refractivity contribution is 7.19. The van der Waals surface area contributed by atoms with Crippen LogP contribution in [-0.2, 0) is 0 Å². The van der Waals surface area contributed by atoms with E-state index in [1.54, 1.807) is 39.9 Å². The quantitative estimate of drug-likeness (QED) is 0.820. The molecule has 2 aliphatic rings. The lowest BCUT2D eigenvalue weighted by Crippen LogP contribution is -2.53. The van der Waals surface area contributed by atoms with Crippen LogP contribution in [0.2, 0.25) is 0 Å². The summed E-state index contributed by atoms with van der Waals surface area (Å²) in [6, 6.07) is 4.91. The van der Waals surface area contributed by atoms with Gasteiger partial charge < -0.3 is 14.7 Å². The molecule has 0 radical (unpaired) electrons. The lowest BCUT2D eigenvalue weighted by molar-refractivity contribution is 0.0619. The number of hydrogen-bond donors (Lipinski definition) is 0. The largest absolute Gasteiger partial charge is 0.335 e. The fourth-order valence-corrected chi connectivity index (χ4v) is 4.39. The Kier molecular flexibility index (Phi) is 3.82. The Morgan fingerprint density at radius 2 is 2.12 bits per heavy atom. The molecule has 1 unspecified atom stereocenters. The van der Waals surface area contributed by atoms with Crippen LogP contribution in [0.25, 0.3) is 10.2 Å². The second-order valence-electron chi connectivity index (χ2n) is 6.27. The van der Waals surface area contributed by atoms with E-state index >= 15 is 0 Å². The second kappa shape index (κ2) is 5.91. The number of hydrogen-bond acceptors (Lipinski definition) is 4. The van der Waals surface area contributed by atoms with Crippen LogP contribution in [0.3, 0.4) is 0 Å². The molecule has 0 spiro atoms. The molecule has 0 N–H and O–H groups in total. The van der Waals surface area contributed by atoms with Crippen LogP contribution in [0.15, 0.2) is 18.2 Å². The summed E-state index contributed by atoms with van der Waals surface area (Å²) in [6.07, 6.45) is -2.65. The Hall–Kier alpha value is -2.29. The average Bonchev–Trinajstić information content (AvgIpc) is 3.15. The molecule has 2 saturated heterocycles. The van der Waals surface area contributed by atoms with Crippen molar-refractivity contribution in [2.24, 2.45) is 0 Å². The van der Waals surface area contributed by atoms with Crippen molar-refractivity contribution in [1.29, 1.82) is 0 Å². The van der Waals surface area contributed by atoms with E-state index in [2.05, 4.69) is 4.98 Å². The third kappa shape index (κ3) is 2.62. The minimum atomic E-state index is -2.65. The summed E-state index contributed by atoms with van der Waals surface area (Å²) in [7, 11) is 1.75. The minimum Gasteiger partial charge on any atom is -0.335 e. The number of fused-ring (bicyclic) bond motifs is 2. The maximum Gasteiger partial charge on any atom is 0.320 e. The molecule has 1 atom stereocenters. The maximum absolute atomic E-state index is 12.9. The van der Waals surface area contributed by atoms with Crippen molar-refractivity contribution in [2.45, 2.75) is 12.5 Å². The third-order valence-electron chi connectivity index (χ3n) is 4.68. The van der Waals surface area contributed by atoms with Gasteiger partial charge in [0.1, 0.15) is 0 Å². The van der Waals surface area contributed by atoms with Crippen molar-refractivity contribution in [2.75, 3.05) is 33.2 Å². The first-order valence-corrected chi connectivity index (χ1v) is 8.76. The highest BCUT2D eigenvalue weighted by Crippen LogP contribution is 2.32. The topological polar surface area (TPSA) is 56.8 Å². The van der Waals surface area contributed by atoms with Crippen LogP contribution in [0, 0.1) is 0 Å². The van der Waals surface area contributed by atoms with Gasteiger partial charge in [-0.05, 0) is 12.1 Å². The molecule has 2 aliphatic heterocycles. The molecule has 4 rings (SSSR count). The number of halogens is 2. The van der Waals surface area contributed by atoms with Gasteiger partial charge in [0, 0.05) is 33.2 Å². The molecule has 9 heteroatoms. The molecular weight excluding hydrogens is 350 g/mol. The summed E-state index contributed by atoms with van der Waals surface area (Å²) in [4.78, 5) is 34.0. The van der Waals surface area contributed by atoms with Crippen LogP contribution in [0.1, 0.15) is 21.8 Å². The number of rotatable bonds is 2. The SMILES string of the molecule is CN1CC2CN(C(=O)c3cccc4nc(C(F)F)sc34)CCN2C1=O. The van der Waals surface area contributed by atoms with Gasteiger partial charge in [-0.2, -0.15) is 0 Å². The summed E-state index contributed by atoms with van der Waals surface area (Å²) in [5.41, 5.74) is 0.814. The smallest absolute Gasteiger partial charge is 0.320 e.